The Morgan fingerprint density at radius 2 is 1.86 bits per heavy atom. The van der Waals surface area contributed by atoms with E-state index in [0.717, 1.165) is 5.56 Å². The van der Waals surface area contributed by atoms with Gasteiger partial charge in [-0.3, -0.25) is 0 Å². The van der Waals surface area contributed by atoms with Gasteiger partial charge in [-0.05, 0) is 49.7 Å². The summed E-state index contributed by atoms with van der Waals surface area (Å²) < 4.78 is 40.1. The number of methoxy groups -OCH3 is 1. The minimum absolute atomic E-state index is 0.138. The van der Waals surface area contributed by atoms with Crippen LogP contribution in [-0.2, 0) is 16.6 Å². The molecule has 0 spiro atoms. The summed E-state index contributed by atoms with van der Waals surface area (Å²) in [6, 6.07) is 11.6. The molecule has 0 saturated heterocycles. The maximum absolute atomic E-state index is 12.2. The summed E-state index contributed by atoms with van der Waals surface area (Å²) in [6.07, 6.45) is 1.38. The van der Waals surface area contributed by atoms with Gasteiger partial charge in [-0.25, -0.2) is 9.46 Å². The highest BCUT2D eigenvalue weighted by Gasteiger charge is 2.12. The average molecular weight is 416 g/mol. The van der Waals surface area contributed by atoms with Crippen molar-refractivity contribution in [3.63, 3.8) is 0 Å². The lowest BCUT2D eigenvalue weighted by Crippen LogP contribution is -2.18. The number of benzene rings is 2. The Kier molecular flexibility index (Phi) is 6.13. The zero-order valence-corrected chi connectivity index (χ0v) is 16.9. The third-order valence-corrected chi connectivity index (χ3v) is 5.25. The maximum atomic E-state index is 12.2. The molecule has 0 amide bonds. The van der Waals surface area contributed by atoms with Crippen molar-refractivity contribution in [1.82, 2.24) is 15.1 Å². The predicted octanol–water partition coefficient (Wildman–Crippen LogP) is 2.59. The van der Waals surface area contributed by atoms with Crippen LogP contribution < -0.4 is 14.3 Å². The topological polar surface area (TPSA) is 116 Å². The molecule has 0 saturated carbocycles. The fraction of sp³-hybridized carbons (Fsp3) is 0.211. The van der Waals surface area contributed by atoms with Gasteiger partial charge in [-0.2, -0.15) is 13.5 Å². The Morgan fingerprint density at radius 1 is 1.10 bits per heavy atom. The number of aryl methyl sites for hydroxylation is 2. The second-order valence-electron chi connectivity index (χ2n) is 6.16. The first kappa shape index (κ1) is 20.3. The van der Waals surface area contributed by atoms with Crippen molar-refractivity contribution in [2.75, 3.05) is 7.11 Å². The molecule has 0 bridgehead atoms. The number of nitrogens with zero attached hydrogens (tertiary/aromatic N) is 3. The van der Waals surface area contributed by atoms with Gasteiger partial charge in [0, 0.05) is 0 Å². The molecule has 0 aliphatic rings. The third kappa shape index (κ3) is 5.11. The molecule has 3 rings (SSSR count). The fourth-order valence-corrected chi connectivity index (χ4v) is 3.14. The number of sulfonamides is 1. The minimum Gasteiger partial charge on any atom is -0.493 e. The zero-order valence-electron chi connectivity index (χ0n) is 16.1. The van der Waals surface area contributed by atoms with E-state index in [9.17, 15) is 8.42 Å². The van der Waals surface area contributed by atoms with Crippen LogP contribution in [0.4, 0.5) is 0 Å². The number of nitrogens with one attached hydrogen (secondary N) is 1. The van der Waals surface area contributed by atoms with Crippen LogP contribution >= 0.6 is 0 Å². The van der Waals surface area contributed by atoms with Gasteiger partial charge in [-0.15, -0.1) is 0 Å². The Balaban J connectivity index is 1.67. The molecule has 9 nitrogen and oxygen atoms in total. The van der Waals surface area contributed by atoms with Crippen molar-refractivity contribution in [3.05, 3.63) is 65.0 Å². The van der Waals surface area contributed by atoms with Crippen molar-refractivity contribution in [3.8, 4) is 11.5 Å². The number of hydrogen-bond donors (Lipinski definition) is 1. The first-order valence-corrected chi connectivity index (χ1v) is 10.1. The monoisotopic (exact) mass is 416 g/mol. The van der Waals surface area contributed by atoms with E-state index in [0.29, 0.717) is 28.5 Å². The molecule has 3 aromatic rings. The van der Waals surface area contributed by atoms with E-state index in [1.54, 1.807) is 37.3 Å². The van der Waals surface area contributed by atoms with E-state index in [1.165, 1.54) is 25.5 Å². The summed E-state index contributed by atoms with van der Waals surface area (Å²) in [4.78, 5) is 2.33. The highest BCUT2D eigenvalue weighted by atomic mass is 32.2. The molecule has 152 valence electrons. The van der Waals surface area contributed by atoms with Gasteiger partial charge in [0.2, 0.25) is 0 Å². The molecule has 0 fully saturated rings. The van der Waals surface area contributed by atoms with Gasteiger partial charge >= 0.3 is 0 Å². The van der Waals surface area contributed by atoms with E-state index in [4.69, 9.17) is 9.47 Å². The molecule has 0 atom stereocenters. The molecule has 10 heteroatoms. The molecule has 0 unspecified atom stereocenters. The van der Waals surface area contributed by atoms with Crippen LogP contribution in [0.15, 0.2) is 57.1 Å². The van der Waals surface area contributed by atoms with Gasteiger partial charge in [0.1, 0.15) is 18.0 Å². The molecule has 29 heavy (non-hydrogen) atoms. The number of hydrogen-bond acceptors (Lipinski definition) is 8. The second-order valence-corrected chi connectivity index (χ2v) is 7.82. The van der Waals surface area contributed by atoms with Crippen LogP contribution in [0.25, 0.3) is 0 Å². The van der Waals surface area contributed by atoms with Gasteiger partial charge in [0.25, 0.3) is 10.0 Å². The summed E-state index contributed by atoms with van der Waals surface area (Å²) in [5.74, 6) is 0.955. The summed E-state index contributed by atoms with van der Waals surface area (Å²) in [5, 5.41) is 11.3. The number of ether oxygens (including phenoxy) is 2. The standard InChI is InChI=1S/C19H20N4O5S/c1-13-4-7-16(8-5-13)29(24,25)23-20-11-15-6-9-18(19(10-15)26-3)27-12-17-14(2)21-28-22-17/h4-11,23H,12H2,1-3H3/b20-11+. The summed E-state index contributed by atoms with van der Waals surface area (Å²) in [7, 11) is -2.23. The van der Waals surface area contributed by atoms with E-state index >= 15 is 0 Å². The van der Waals surface area contributed by atoms with Crippen LogP contribution in [0.5, 0.6) is 11.5 Å². The van der Waals surface area contributed by atoms with Gasteiger partial charge < -0.3 is 9.47 Å². The van der Waals surface area contributed by atoms with Crippen LogP contribution in [0.1, 0.15) is 22.5 Å². The Morgan fingerprint density at radius 3 is 2.52 bits per heavy atom. The summed E-state index contributed by atoms with van der Waals surface area (Å²) >= 11 is 0. The number of aromatic nitrogens is 2. The molecular formula is C19H20N4O5S. The van der Waals surface area contributed by atoms with Gasteiger partial charge in [0.05, 0.1) is 18.2 Å². The van der Waals surface area contributed by atoms with Gasteiger partial charge in [-0.1, -0.05) is 28.0 Å². The maximum Gasteiger partial charge on any atom is 0.276 e. The molecule has 0 radical (unpaired) electrons. The largest absolute Gasteiger partial charge is 0.493 e. The first-order chi connectivity index (χ1) is 13.9. The molecule has 2 aromatic carbocycles. The Bertz CT molecular complexity index is 1110. The lowest BCUT2D eigenvalue weighted by molar-refractivity contribution is 0.260. The van der Waals surface area contributed by atoms with Crippen LogP contribution in [0.3, 0.4) is 0 Å². The predicted molar refractivity (Wildman–Crippen MR) is 105 cm³/mol. The zero-order chi connectivity index (χ0) is 20.9. The van der Waals surface area contributed by atoms with Crippen molar-refractivity contribution in [2.24, 2.45) is 5.10 Å². The first-order valence-electron chi connectivity index (χ1n) is 8.59. The quantitative estimate of drug-likeness (QED) is 0.443. The van der Waals surface area contributed by atoms with Crippen LogP contribution in [0, 0.1) is 13.8 Å². The number of hydrazone groups is 1. The average Bonchev–Trinajstić information content (AvgIpc) is 3.11. The van der Waals surface area contributed by atoms with Crippen molar-refractivity contribution in [1.29, 1.82) is 0 Å². The van der Waals surface area contributed by atoms with Crippen LogP contribution in [0.2, 0.25) is 0 Å². The fourth-order valence-electron chi connectivity index (χ4n) is 2.35. The molecule has 1 N–H and O–H groups in total. The van der Waals surface area contributed by atoms with Crippen molar-refractivity contribution in [2.45, 2.75) is 25.3 Å². The minimum atomic E-state index is -3.73. The molecule has 1 aromatic heterocycles. The molecular weight excluding hydrogens is 396 g/mol. The highest BCUT2D eigenvalue weighted by Crippen LogP contribution is 2.28. The van der Waals surface area contributed by atoms with E-state index in [2.05, 4.69) is 24.9 Å². The lowest BCUT2D eigenvalue weighted by Gasteiger charge is -2.10. The van der Waals surface area contributed by atoms with E-state index in [-0.39, 0.29) is 11.5 Å². The highest BCUT2D eigenvalue weighted by molar-refractivity contribution is 7.89. The summed E-state index contributed by atoms with van der Waals surface area (Å²) in [6.45, 7) is 3.83. The van der Waals surface area contributed by atoms with Crippen molar-refractivity contribution < 1.29 is 22.5 Å². The number of rotatable bonds is 8. The third-order valence-electron chi connectivity index (χ3n) is 4.02. The van der Waals surface area contributed by atoms with Gasteiger partial charge in [0.15, 0.2) is 11.5 Å². The summed E-state index contributed by atoms with van der Waals surface area (Å²) in [5.41, 5.74) is 2.83. The van der Waals surface area contributed by atoms with Crippen molar-refractivity contribution >= 4 is 16.2 Å². The van der Waals surface area contributed by atoms with E-state index in [1.807, 2.05) is 6.92 Å². The normalized spacial score (nSPS) is 11.6. The van der Waals surface area contributed by atoms with E-state index < -0.39 is 10.0 Å². The smallest absolute Gasteiger partial charge is 0.276 e. The SMILES string of the molecule is COc1cc(/C=N/NS(=O)(=O)c2ccc(C)cc2)ccc1OCc1nonc1C. The lowest BCUT2D eigenvalue weighted by atomic mass is 10.2. The Hall–Kier alpha value is -3.40. The Labute approximate surface area is 168 Å². The van der Waals surface area contributed by atoms with Crippen LogP contribution in [-0.4, -0.2) is 32.1 Å². The second kappa shape index (κ2) is 8.74. The molecule has 0 aliphatic carbocycles. The molecule has 0 aliphatic heterocycles. The molecule has 1 heterocycles.